The van der Waals surface area contributed by atoms with Gasteiger partial charge in [0.25, 0.3) is 0 Å². The largest absolute Gasteiger partial charge is 0.494 e. The minimum absolute atomic E-state index is 0.411. The van der Waals surface area contributed by atoms with Crippen LogP contribution in [0.3, 0.4) is 0 Å². The Morgan fingerprint density at radius 3 is 2.91 bits per heavy atom. The van der Waals surface area contributed by atoms with Gasteiger partial charge in [0.1, 0.15) is 5.75 Å². The fourth-order valence-corrected chi connectivity index (χ4v) is 2.34. The van der Waals surface area contributed by atoms with Crippen molar-refractivity contribution in [3.05, 3.63) is 46.9 Å². The zero-order chi connectivity index (χ0) is 16.4. The summed E-state index contributed by atoms with van der Waals surface area (Å²) in [5.41, 5.74) is 9.28. The third-order valence-corrected chi connectivity index (χ3v) is 3.55. The average molecular weight is 313 g/mol. The number of aromatic nitrogens is 1. The smallest absolute Gasteiger partial charge is 0.419 e. The molecule has 6 nitrogen and oxygen atoms in total. The first kappa shape index (κ1) is 15.0. The zero-order valence-corrected chi connectivity index (χ0v) is 13.1. The number of aryl methyl sites for hydroxylation is 1. The van der Waals surface area contributed by atoms with Crippen LogP contribution in [0.4, 0.5) is 17.1 Å². The quantitative estimate of drug-likeness (QED) is 0.707. The van der Waals surface area contributed by atoms with Crippen molar-refractivity contribution in [2.45, 2.75) is 13.3 Å². The molecule has 0 amide bonds. The van der Waals surface area contributed by atoms with Gasteiger partial charge in [0.15, 0.2) is 5.58 Å². The molecule has 0 saturated heterocycles. The molecule has 3 aromatic rings. The van der Waals surface area contributed by atoms with E-state index < -0.39 is 5.76 Å². The van der Waals surface area contributed by atoms with Gasteiger partial charge < -0.3 is 20.2 Å². The van der Waals surface area contributed by atoms with Crippen LogP contribution in [0, 0.1) is 0 Å². The minimum Gasteiger partial charge on any atom is -0.494 e. The first-order chi connectivity index (χ1) is 11.1. The summed E-state index contributed by atoms with van der Waals surface area (Å²) in [4.78, 5) is 11.6. The van der Waals surface area contributed by atoms with Crippen LogP contribution in [-0.2, 0) is 7.05 Å². The van der Waals surface area contributed by atoms with E-state index in [9.17, 15) is 4.79 Å². The Morgan fingerprint density at radius 2 is 2.13 bits per heavy atom. The highest BCUT2D eigenvalue weighted by Crippen LogP contribution is 2.29. The van der Waals surface area contributed by atoms with Gasteiger partial charge in [0.2, 0.25) is 0 Å². The maximum Gasteiger partial charge on any atom is 0.419 e. The molecule has 3 rings (SSSR count). The maximum absolute atomic E-state index is 11.6. The molecule has 0 unspecified atom stereocenters. The van der Waals surface area contributed by atoms with E-state index in [1.54, 1.807) is 19.2 Å². The summed E-state index contributed by atoms with van der Waals surface area (Å²) in [6.07, 6.45) is 0.954. The summed E-state index contributed by atoms with van der Waals surface area (Å²) in [5, 5.41) is 3.26. The van der Waals surface area contributed by atoms with Crippen molar-refractivity contribution >= 4 is 28.2 Å². The highest BCUT2D eigenvalue weighted by atomic mass is 16.5. The number of nitrogens with one attached hydrogen (secondary N) is 1. The molecule has 23 heavy (non-hydrogen) atoms. The first-order valence-electron chi connectivity index (χ1n) is 7.47. The summed E-state index contributed by atoms with van der Waals surface area (Å²) in [5.74, 6) is 0.388. The van der Waals surface area contributed by atoms with Crippen molar-refractivity contribution in [3.63, 3.8) is 0 Å². The number of hydrogen-bond acceptors (Lipinski definition) is 5. The zero-order valence-electron chi connectivity index (χ0n) is 13.1. The lowest BCUT2D eigenvalue weighted by atomic mass is 10.2. The summed E-state index contributed by atoms with van der Waals surface area (Å²) < 4.78 is 12.2. The molecule has 0 atom stereocenters. The van der Waals surface area contributed by atoms with Gasteiger partial charge >= 0.3 is 5.76 Å². The molecule has 0 bridgehead atoms. The lowest BCUT2D eigenvalue weighted by molar-refractivity contribution is 0.317. The highest BCUT2D eigenvalue weighted by molar-refractivity contribution is 5.87. The monoisotopic (exact) mass is 313 g/mol. The van der Waals surface area contributed by atoms with E-state index in [2.05, 4.69) is 12.2 Å². The Balaban J connectivity index is 1.93. The van der Waals surface area contributed by atoms with Crippen LogP contribution in [0.25, 0.3) is 11.1 Å². The van der Waals surface area contributed by atoms with E-state index in [1.807, 2.05) is 24.3 Å². The number of nitrogen functional groups attached to an aromatic ring is 1. The van der Waals surface area contributed by atoms with Crippen LogP contribution in [0.2, 0.25) is 0 Å². The summed E-state index contributed by atoms with van der Waals surface area (Å²) >= 11 is 0. The first-order valence-corrected chi connectivity index (χ1v) is 7.47. The average Bonchev–Trinajstić information content (AvgIpc) is 2.80. The van der Waals surface area contributed by atoms with Crippen molar-refractivity contribution in [2.75, 3.05) is 17.7 Å². The number of fused-ring (bicyclic) bond motifs is 1. The summed E-state index contributed by atoms with van der Waals surface area (Å²) in [6, 6.07) is 11.1. The molecule has 0 aliphatic carbocycles. The van der Waals surface area contributed by atoms with E-state index >= 15 is 0 Å². The molecule has 0 saturated carbocycles. The van der Waals surface area contributed by atoms with Crippen LogP contribution in [0.1, 0.15) is 13.3 Å². The Kier molecular flexibility index (Phi) is 3.97. The number of nitrogens with two attached hydrogens (primary N) is 1. The number of rotatable bonds is 5. The molecule has 0 fully saturated rings. The van der Waals surface area contributed by atoms with E-state index in [4.69, 9.17) is 14.9 Å². The normalized spacial score (nSPS) is 10.9. The molecule has 6 heteroatoms. The maximum atomic E-state index is 11.6. The van der Waals surface area contributed by atoms with E-state index in [-0.39, 0.29) is 0 Å². The van der Waals surface area contributed by atoms with Crippen molar-refractivity contribution in [1.82, 2.24) is 4.57 Å². The predicted molar refractivity (Wildman–Crippen MR) is 91.4 cm³/mol. The number of nitrogens with zero attached hydrogens (tertiary/aromatic N) is 1. The Morgan fingerprint density at radius 1 is 1.30 bits per heavy atom. The van der Waals surface area contributed by atoms with Crippen LogP contribution in [0.5, 0.6) is 5.75 Å². The third-order valence-electron chi connectivity index (χ3n) is 3.55. The van der Waals surface area contributed by atoms with Crippen LogP contribution in [-0.4, -0.2) is 11.2 Å². The number of oxazole rings is 1. The molecule has 120 valence electrons. The number of anilines is 3. The molecular formula is C17H19N3O3. The van der Waals surface area contributed by atoms with E-state index in [1.165, 1.54) is 4.57 Å². The van der Waals surface area contributed by atoms with Gasteiger partial charge in [0, 0.05) is 24.9 Å². The highest BCUT2D eigenvalue weighted by Gasteiger charge is 2.10. The number of hydrogen-bond donors (Lipinski definition) is 2. The van der Waals surface area contributed by atoms with Crippen molar-refractivity contribution in [3.8, 4) is 5.75 Å². The molecule has 2 aromatic carbocycles. The van der Waals surface area contributed by atoms with E-state index in [0.717, 1.165) is 17.9 Å². The lowest BCUT2D eigenvalue weighted by Crippen LogP contribution is -2.08. The minimum atomic E-state index is -0.411. The van der Waals surface area contributed by atoms with Crippen molar-refractivity contribution < 1.29 is 9.15 Å². The van der Waals surface area contributed by atoms with E-state index in [0.29, 0.717) is 29.1 Å². The molecule has 0 spiro atoms. The van der Waals surface area contributed by atoms with Crippen LogP contribution < -0.4 is 21.5 Å². The van der Waals surface area contributed by atoms with Crippen LogP contribution >= 0.6 is 0 Å². The topological polar surface area (TPSA) is 82.4 Å². The third kappa shape index (κ3) is 3.01. The fourth-order valence-electron chi connectivity index (χ4n) is 2.34. The van der Waals surface area contributed by atoms with Crippen LogP contribution in [0.15, 0.2) is 45.6 Å². The molecular weight excluding hydrogens is 294 g/mol. The SMILES string of the molecule is CCCOc1cccc(Nc2cc3c(cc2N)oc(=O)n3C)c1. The van der Waals surface area contributed by atoms with Gasteiger partial charge in [-0.15, -0.1) is 0 Å². The molecule has 0 aliphatic heterocycles. The second-order valence-corrected chi connectivity index (χ2v) is 5.34. The van der Waals surface area contributed by atoms with Crippen molar-refractivity contribution in [2.24, 2.45) is 7.05 Å². The summed E-state index contributed by atoms with van der Waals surface area (Å²) in [7, 11) is 1.66. The van der Waals surface area contributed by atoms with Gasteiger partial charge in [-0.05, 0) is 24.6 Å². The molecule has 0 radical (unpaired) electrons. The van der Waals surface area contributed by atoms with Gasteiger partial charge in [-0.3, -0.25) is 4.57 Å². The fraction of sp³-hybridized carbons (Fsp3) is 0.235. The summed E-state index contributed by atoms with van der Waals surface area (Å²) in [6.45, 7) is 2.74. The molecule has 0 aliphatic rings. The number of benzene rings is 2. The number of ether oxygens (including phenoxy) is 1. The molecule has 3 N–H and O–H groups in total. The molecule has 1 aromatic heterocycles. The molecule has 1 heterocycles. The lowest BCUT2D eigenvalue weighted by Gasteiger charge is -2.11. The van der Waals surface area contributed by atoms with Gasteiger partial charge in [-0.25, -0.2) is 4.79 Å². The van der Waals surface area contributed by atoms with Crippen molar-refractivity contribution in [1.29, 1.82) is 0 Å². The van der Waals surface area contributed by atoms with Gasteiger partial charge in [-0.1, -0.05) is 13.0 Å². The Labute approximate surface area is 133 Å². The van der Waals surface area contributed by atoms with Gasteiger partial charge in [-0.2, -0.15) is 0 Å². The predicted octanol–water partition coefficient (Wildman–Crippen LogP) is 3.25. The Hall–Kier alpha value is -2.89. The van der Waals surface area contributed by atoms with Gasteiger partial charge in [0.05, 0.1) is 23.5 Å². The standard InChI is InChI=1S/C17H19N3O3/c1-3-7-22-12-6-4-5-11(8-12)19-14-10-15-16(9-13(14)18)23-17(21)20(15)2/h4-6,8-10,19H,3,7,18H2,1-2H3. The Bertz CT molecular complexity index is 896. The second-order valence-electron chi connectivity index (χ2n) is 5.34. The second kappa shape index (κ2) is 6.08.